The Balaban J connectivity index is 2.33. The minimum absolute atomic E-state index is 0.000185. The molecule has 0 heterocycles. The summed E-state index contributed by atoms with van der Waals surface area (Å²) >= 11 is 0. The Bertz CT molecular complexity index is 581. The van der Waals surface area contributed by atoms with Gasteiger partial charge in [-0.05, 0) is 36.3 Å². The molecule has 0 aliphatic heterocycles. The fraction of sp³-hybridized carbons (Fsp3) is 0.188. The number of amides is 1. The zero-order valence-corrected chi connectivity index (χ0v) is 10.7. The second kappa shape index (κ2) is 5.50. The molecule has 2 aromatic carbocycles. The van der Waals surface area contributed by atoms with Gasteiger partial charge in [0, 0.05) is 0 Å². The van der Waals surface area contributed by atoms with Gasteiger partial charge in [0.25, 0.3) is 0 Å². The Morgan fingerprint density at radius 3 is 2.67 bits per heavy atom. The molecule has 0 radical (unpaired) electrons. The molecule has 1 amide bonds. The third-order valence-corrected chi connectivity index (χ3v) is 2.97. The van der Waals surface area contributed by atoms with Gasteiger partial charge in [-0.1, -0.05) is 48.5 Å². The lowest BCUT2D eigenvalue weighted by Crippen LogP contribution is -2.24. The number of carbonyl (C=O) groups excluding carboxylic acids is 1. The fourth-order valence-corrected chi connectivity index (χ4v) is 2.12. The van der Waals surface area contributed by atoms with Gasteiger partial charge in [0.05, 0.1) is 6.04 Å². The molecule has 92 valence electrons. The summed E-state index contributed by atoms with van der Waals surface area (Å²) in [4.78, 5) is 11.6. The van der Waals surface area contributed by atoms with Crippen LogP contribution in [-0.4, -0.2) is 5.91 Å². The Morgan fingerprint density at radius 2 is 1.89 bits per heavy atom. The van der Waals surface area contributed by atoms with Gasteiger partial charge in [-0.2, -0.15) is 0 Å². The van der Waals surface area contributed by atoms with Gasteiger partial charge in [0.1, 0.15) is 0 Å². The van der Waals surface area contributed by atoms with Crippen LogP contribution in [0, 0.1) is 0 Å². The number of hydrogen-bond acceptors (Lipinski definition) is 1. The highest BCUT2D eigenvalue weighted by atomic mass is 16.1. The van der Waals surface area contributed by atoms with Crippen LogP contribution < -0.4 is 5.32 Å². The van der Waals surface area contributed by atoms with E-state index in [2.05, 4.69) is 29.6 Å². The summed E-state index contributed by atoms with van der Waals surface area (Å²) in [6.07, 6.45) is 3.28. The average Bonchev–Trinajstić information content (AvgIpc) is 2.38. The maximum Gasteiger partial charge on any atom is 0.244 e. The van der Waals surface area contributed by atoms with Crippen molar-refractivity contribution in [3.05, 3.63) is 60.2 Å². The van der Waals surface area contributed by atoms with Crippen molar-refractivity contribution < 1.29 is 4.79 Å². The van der Waals surface area contributed by atoms with Crippen LogP contribution in [0.15, 0.2) is 54.6 Å². The molecule has 2 heteroatoms. The first-order chi connectivity index (χ1) is 8.72. The van der Waals surface area contributed by atoms with Crippen molar-refractivity contribution in [3.63, 3.8) is 0 Å². The van der Waals surface area contributed by atoms with Gasteiger partial charge in [0.2, 0.25) is 5.91 Å². The maximum absolute atomic E-state index is 11.6. The number of fused-ring (bicyclic) bond motifs is 1. The average molecular weight is 239 g/mol. The van der Waals surface area contributed by atoms with Crippen LogP contribution >= 0.6 is 0 Å². The largest absolute Gasteiger partial charge is 0.346 e. The van der Waals surface area contributed by atoms with Crippen LogP contribution in [0.5, 0.6) is 0 Å². The quantitative estimate of drug-likeness (QED) is 0.815. The van der Waals surface area contributed by atoms with Gasteiger partial charge in [0.15, 0.2) is 0 Å². The first-order valence-electron chi connectivity index (χ1n) is 6.13. The van der Waals surface area contributed by atoms with E-state index in [0.717, 1.165) is 5.56 Å². The molecule has 2 aromatic rings. The number of hydrogen-bond donors (Lipinski definition) is 1. The van der Waals surface area contributed by atoms with Crippen molar-refractivity contribution in [3.8, 4) is 0 Å². The van der Waals surface area contributed by atoms with Crippen LogP contribution in [0.4, 0.5) is 0 Å². The van der Waals surface area contributed by atoms with E-state index in [1.165, 1.54) is 10.8 Å². The standard InChI is InChI=1S/C16H17NO/c1-3-7-16(18)17-12(2)14-11-6-9-13-8-4-5-10-15(13)14/h3-12H,1-2H3,(H,17,18). The second-order valence-electron chi connectivity index (χ2n) is 4.30. The van der Waals surface area contributed by atoms with Gasteiger partial charge < -0.3 is 5.32 Å². The summed E-state index contributed by atoms with van der Waals surface area (Å²) in [5.74, 6) is -0.0575. The summed E-state index contributed by atoms with van der Waals surface area (Å²) in [6, 6.07) is 14.4. The molecular weight excluding hydrogens is 222 g/mol. The molecule has 0 spiro atoms. The predicted octanol–water partition coefficient (Wildman–Crippen LogP) is 3.59. The first-order valence-corrected chi connectivity index (χ1v) is 6.13. The number of rotatable bonds is 3. The van der Waals surface area contributed by atoms with E-state index in [-0.39, 0.29) is 11.9 Å². The lowest BCUT2D eigenvalue weighted by Gasteiger charge is -2.15. The summed E-state index contributed by atoms with van der Waals surface area (Å²) in [6.45, 7) is 3.84. The van der Waals surface area contributed by atoms with Crippen LogP contribution in [0.25, 0.3) is 10.8 Å². The highest BCUT2D eigenvalue weighted by Crippen LogP contribution is 2.23. The summed E-state index contributed by atoms with van der Waals surface area (Å²) in [7, 11) is 0. The lowest BCUT2D eigenvalue weighted by molar-refractivity contribution is -0.117. The number of carbonyl (C=O) groups is 1. The van der Waals surface area contributed by atoms with Gasteiger partial charge >= 0.3 is 0 Å². The van der Waals surface area contributed by atoms with E-state index in [0.29, 0.717) is 0 Å². The van der Waals surface area contributed by atoms with Crippen LogP contribution in [0.1, 0.15) is 25.5 Å². The highest BCUT2D eigenvalue weighted by Gasteiger charge is 2.10. The smallest absolute Gasteiger partial charge is 0.244 e. The van der Waals surface area contributed by atoms with Crippen molar-refractivity contribution in [1.29, 1.82) is 0 Å². The molecule has 2 rings (SSSR count). The van der Waals surface area contributed by atoms with Crippen molar-refractivity contribution in [2.75, 3.05) is 0 Å². The zero-order valence-electron chi connectivity index (χ0n) is 10.7. The normalized spacial score (nSPS) is 12.8. The Kier molecular flexibility index (Phi) is 3.78. The Morgan fingerprint density at radius 1 is 1.17 bits per heavy atom. The van der Waals surface area contributed by atoms with E-state index in [4.69, 9.17) is 0 Å². The van der Waals surface area contributed by atoms with E-state index >= 15 is 0 Å². The van der Waals surface area contributed by atoms with E-state index in [1.807, 2.05) is 32.0 Å². The molecule has 1 N–H and O–H groups in total. The van der Waals surface area contributed by atoms with Gasteiger partial charge in [-0.15, -0.1) is 0 Å². The Labute approximate surface area is 107 Å². The highest BCUT2D eigenvalue weighted by molar-refractivity contribution is 5.89. The lowest BCUT2D eigenvalue weighted by atomic mass is 10.00. The number of allylic oxidation sites excluding steroid dienone is 1. The van der Waals surface area contributed by atoms with Gasteiger partial charge in [-0.25, -0.2) is 0 Å². The first kappa shape index (κ1) is 12.4. The van der Waals surface area contributed by atoms with Crippen molar-refractivity contribution in [1.82, 2.24) is 5.32 Å². The molecule has 0 saturated heterocycles. The van der Waals surface area contributed by atoms with Crippen LogP contribution in [0.2, 0.25) is 0 Å². The second-order valence-corrected chi connectivity index (χ2v) is 4.30. The van der Waals surface area contributed by atoms with Gasteiger partial charge in [-0.3, -0.25) is 4.79 Å². The third-order valence-electron chi connectivity index (χ3n) is 2.97. The topological polar surface area (TPSA) is 29.1 Å². The maximum atomic E-state index is 11.6. The predicted molar refractivity (Wildman–Crippen MR) is 75.3 cm³/mol. The monoisotopic (exact) mass is 239 g/mol. The molecule has 0 bridgehead atoms. The number of nitrogens with one attached hydrogen (secondary N) is 1. The zero-order chi connectivity index (χ0) is 13.0. The molecule has 18 heavy (non-hydrogen) atoms. The van der Waals surface area contributed by atoms with Crippen LogP contribution in [0.3, 0.4) is 0 Å². The molecular formula is C16H17NO. The number of benzene rings is 2. The van der Waals surface area contributed by atoms with Crippen LogP contribution in [-0.2, 0) is 4.79 Å². The summed E-state index contributed by atoms with van der Waals surface area (Å²) < 4.78 is 0. The molecule has 0 aromatic heterocycles. The minimum Gasteiger partial charge on any atom is -0.346 e. The molecule has 0 aliphatic rings. The third kappa shape index (κ3) is 2.59. The minimum atomic E-state index is -0.0575. The SMILES string of the molecule is CC=CC(=O)NC(C)c1cccc2ccccc12. The molecule has 0 fully saturated rings. The summed E-state index contributed by atoms with van der Waals surface area (Å²) in [5.41, 5.74) is 1.14. The van der Waals surface area contributed by atoms with Crippen molar-refractivity contribution >= 4 is 16.7 Å². The molecule has 2 nitrogen and oxygen atoms in total. The molecule has 0 saturated carbocycles. The van der Waals surface area contributed by atoms with E-state index in [9.17, 15) is 4.79 Å². The van der Waals surface area contributed by atoms with Crippen molar-refractivity contribution in [2.45, 2.75) is 19.9 Å². The van der Waals surface area contributed by atoms with Crippen molar-refractivity contribution in [2.24, 2.45) is 0 Å². The van der Waals surface area contributed by atoms with E-state index < -0.39 is 0 Å². The fourth-order valence-electron chi connectivity index (χ4n) is 2.12. The van der Waals surface area contributed by atoms with E-state index in [1.54, 1.807) is 12.2 Å². The Hall–Kier alpha value is -2.09. The molecule has 1 atom stereocenters. The summed E-state index contributed by atoms with van der Waals surface area (Å²) in [5, 5.41) is 5.35. The molecule has 0 aliphatic carbocycles. The molecule has 1 unspecified atom stereocenters.